The van der Waals surface area contributed by atoms with Crippen LogP contribution in [-0.2, 0) is 22.5 Å². The number of benzene rings is 1. The smallest absolute Gasteiger partial charge is 0.122 e. The van der Waals surface area contributed by atoms with Crippen LogP contribution in [0.4, 0.5) is 0 Å². The number of fused-ring (bicyclic) bond motifs is 1. The van der Waals surface area contributed by atoms with Gasteiger partial charge in [0.25, 0.3) is 0 Å². The van der Waals surface area contributed by atoms with Gasteiger partial charge in [-0.15, -0.1) is 11.3 Å². The lowest BCUT2D eigenvalue weighted by atomic mass is 9.87. The minimum absolute atomic E-state index is 0.0147. The van der Waals surface area contributed by atoms with E-state index >= 15 is 0 Å². The Balaban J connectivity index is 1.40. The number of ether oxygens (including phenoxy) is 3. The second kappa shape index (κ2) is 9.13. The summed E-state index contributed by atoms with van der Waals surface area (Å²) in [5.74, 6) is 1.72. The monoisotopic (exact) mass is 417 g/mol. The van der Waals surface area contributed by atoms with E-state index in [9.17, 15) is 5.11 Å². The van der Waals surface area contributed by atoms with Crippen molar-refractivity contribution in [1.82, 2.24) is 4.98 Å². The van der Waals surface area contributed by atoms with Gasteiger partial charge in [-0.2, -0.15) is 0 Å². The van der Waals surface area contributed by atoms with E-state index in [0.29, 0.717) is 18.4 Å². The number of methoxy groups -OCH3 is 1. The molecule has 0 unspecified atom stereocenters. The van der Waals surface area contributed by atoms with Crippen molar-refractivity contribution in [3.63, 3.8) is 0 Å². The lowest BCUT2D eigenvalue weighted by Crippen LogP contribution is -2.33. The molecule has 6 heteroatoms. The molecule has 2 aliphatic rings. The average molecular weight is 418 g/mol. The number of hydrogen-bond donors (Lipinski definition) is 1. The number of thiazole rings is 1. The van der Waals surface area contributed by atoms with E-state index in [4.69, 9.17) is 14.2 Å². The van der Waals surface area contributed by atoms with E-state index in [1.807, 2.05) is 5.38 Å². The molecule has 1 aromatic carbocycles. The molecule has 1 saturated heterocycles. The molecule has 5 atom stereocenters. The molecular weight excluding hydrogens is 386 g/mol. The topological polar surface area (TPSA) is 60.8 Å². The first kappa shape index (κ1) is 20.8. The van der Waals surface area contributed by atoms with Gasteiger partial charge in [0.05, 0.1) is 31.1 Å². The summed E-state index contributed by atoms with van der Waals surface area (Å²) in [7, 11) is 1.79. The first-order chi connectivity index (χ1) is 14.1. The van der Waals surface area contributed by atoms with Crippen molar-refractivity contribution in [2.45, 2.75) is 64.4 Å². The molecule has 2 fully saturated rings. The van der Waals surface area contributed by atoms with Gasteiger partial charge < -0.3 is 19.3 Å². The van der Waals surface area contributed by atoms with Crippen LogP contribution in [0.3, 0.4) is 0 Å². The van der Waals surface area contributed by atoms with Gasteiger partial charge in [0, 0.05) is 24.8 Å². The highest BCUT2D eigenvalue weighted by atomic mass is 32.1. The molecule has 0 radical (unpaired) electrons. The van der Waals surface area contributed by atoms with Crippen molar-refractivity contribution >= 4 is 11.3 Å². The fraction of sp³-hybridized carbons (Fsp3) is 0.609. The summed E-state index contributed by atoms with van der Waals surface area (Å²) in [4.78, 5) is 4.51. The van der Waals surface area contributed by atoms with E-state index in [-0.39, 0.29) is 24.9 Å². The van der Waals surface area contributed by atoms with Gasteiger partial charge in [-0.3, -0.25) is 0 Å². The number of rotatable bonds is 7. The Hall–Kier alpha value is -1.47. The Morgan fingerprint density at radius 3 is 2.86 bits per heavy atom. The van der Waals surface area contributed by atoms with Crippen LogP contribution < -0.4 is 4.74 Å². The lowest BCUT2D eigenvalue weighted by Gasteiger charge is -2.34. The van der Waals surface area contributed by atoms with E-state index in [1.165, 1.54) is 11.1 Å². The Bertz CT molecular complexity index is 823. The number of hydrogen-bond acceptors (Lipinski definition) is 6. The third kappa shape index (κ3) is 4.36. The summed E-state index contributed by atoms with van der Waals surface area (Å²) < 4.78 is 18.5. The van der Waals surface area contributed by atoms with Gasteiger partial charge in [0.2, 0.25) is 0 Å². The number of nitrogens with zero attached hydrogens (tertiary/aromatic N) is 1. The Morgan fingerprint density at radius 1 is 1.31 bits per heavy atom. The van der Waals surface area contributed by atoms with Crippen molar-refractivity contribution in [1.29, 1.82) is 0 Å². The highest BCUT2D eigenvalue weighted by Gasteiger charge is 2.48. The average Bonchev–Trinajstić information content (AvgIpc) is 3.36. The Kier molecular flexibility index (Phi) is 6.54. The summed E-state index contributed by atoms with van der Waals surface area (Å²) in [6, 6.07) is 6.38. The number of aliphatic hydroxyl groups excluding tert-OH is 1. The molecule has 1 saturated carbocycles. The Labute approximate surface area is 177 Å². The van der Waals surface area contributed by atoms with Crippen molar-refractivity contribution < 1.29 is 19.3 Å². The molecule has 0 bridgehead atoms. The maximum atomic E-state index is 9.27. The number of aromatic nitrogens is 1. The molecule has 158 valence electrons. The lowest BCUT2D eigenvalue weighted by molar-refractivity contribution is -0.0812. The van der Waals surface area contributed by atoms with Gasteiger partial charge in [-0.25, -0.2) is 4.98 Å². The van der Waals surface area contributed by atoms with Crippen LogP contribution in [-0.4, -0.2) is 36.0 Å². The maximum absolute atomic E-state index is 9.27. The second-order valence-corrected chi connectivity index (χ2v) is 9.06. The zero-order valence-electron chi connectivity index (χ0n) is 17.5. The van der Waals surface area contributed by atoms with Crippen LogP contribution in [0.25, 0.3) is 0 Å². The second-order valence-electron chi connectivity index (χ2n) is 8.17. The zero-order valence-corrected chi connectivity index (χ0v) is 18.3. The van der Waals surface area contributed by atoms with Gasteiger partial charge in [-0.05, 0) is 55.4 Å². The summed E-state index contributed by atoms with van der Waals surface area (Å²) in [5, 5.41) is 12.2. The quantitative estimate of drug-likeness (QED) is 0.721. The van der Waals surface area contributed by atoms with Crippen LogP contribution in [0.1, 0.15) is 54.1 Å². The maximum Gasteiger partial charge on any atom is 0.122 e. The molecule has 4 rings (SSSR count). The van der Waals surface area contributed by atoms with Crippen molar-refractivity contribution in [2.24, 2.45) is 11.8 Å². The van der Waals surface area contributed by atoms with E-state index < -0.39 is 0 Å². The van der Waals surface area contributed by atoms with Crippen molar-refractivity contribution in [2.75, 3.05) is 13.7 Å². The first-order valence-corrected chi connectivity index (χ1v) is 11.5. The van der Waals surface area contributed by atoms with Crippen molar-refractivity contribution in [3.05, 3.63) is 45.4 Å². The minimum Gasteiger partial charge on any atom is -0.493 e. The van der Waals surface area contributed by atoms with Gasteiger partial charge >= 0.3 is 0 Å². The van der Waals surface area contributed by atoms with Gasteiger partial charge in [0.1, 0.15) is 16.9 Å². The summed E-state index contributed by atoms with van der Waals surface area (Å²) >= 11 is 1.58. The molecule has 29 heavy (non-hydrogen) atoms. The largest absolute Gasteiger partial charge is 0.493 e. The third-order valence-electron chi connectivity index (χ3n) is 6.52. The highest BCUT2D eigenvalue weighted by molar-refractivity contribution is 7.09. The molecule has 1 aliphatic heterocycles. The third-order valence-corrected chi connectivity index (χ3v) is 7.50. The zero-order chi connectivity index (χ0) is 20.4. The Morgan fingerprint density at radius 2 is 2.17 bits per heavy atom. The van der Waals surface area contributed by atoms with Gasteiger partial charge in [-0.1, -0.05) is 13.0 Å². The number of aryl methyl sites for hydroxylation is 2. The SMILES string of the molecule is CCc1ccc(OC[C@@H]2[C@H]3CC[C@H](c4nc(CO)cs4)O[C@H]3C[C@@H]2OC)cc1C. The molecule has 1 aromatic heterocycles. The van der Waals surface area contributed by atoms with Crippen molar-refractivity contribution in [3.8, 4) is 5.75 Å². The molecule has 2 heterocycles. The normalized spacial score (nSPS) is 29.0. The van der Waals surface area contributed by atoms with Crippen LogP contribution in [0.2, 0.25) is 0 Å². The fourth-order valence-electron chi connectivity index (χ4n) is 4.88. The van der Waals surface area contributed by atoms with Gasteiger partial charge in [0.15, 0.2) is 0 Å². The molecule has 5 nitrogen and oxygen atoms in total. The van der Waals surface area contributed by atoms with E-state index in [1.54, 1.807) is 18.4 Å². The molecule has 2 aromatic rings. The van der Waals surface area contributed by atoms with Crippen LogP contribution in [0.15, 0.2) is 23.6 Å². The molecule has 1 aliphatic carbocycles. The van der Waals surface area contributed by atoms with E-state index in [0.717, 1.165) is 42.1 Å². The van der Waals surface area contributed by atoms with E-state index in [2.05, 4.69) is 37.0 Å². The molecule has 0 amide bonds. The fourth-order valence-corrected chi connectivity index (χ4v) is 5.76. The minimum atomic E-state index is -0.0147. The highest BCUT2D eigenvalue weighted by Crippen LogP contribution is 2.47. The standard InChI is InChI=1S/C23H31NO4S/c1-4-15-5-6-17(9-14(15)2)27-12-19-18-7-8-20(23-24-16(11-25)13-29-23)28-22(18)10-21(19)26-3/h5-6,9,13,18-22,25H,4,7-8,10-12H2,1-3H3/t18-,19-,20-,21+,22+/m1/s1. The predicted octanol–water partition coefficient (Wildman–Crippen LogP) is 4.46. The summed E-state index contributed by atoms with van der Waals surface area (Å²) in [6.45, 7) is 4.96. The van der Waals surface area contributed by atoms with Crippen LogP contribution in [0.5, 0.6) is 5.75 Å². The van der Waals surface area contributed by atoms with Crippen LogP contribution >= 0.6 is 11.3 Å². The predicted molar refractivity (Wildman–Crippen MR) is 113 cm³/mol. The summed E-state index contributed by atoms with van der Waals surface area (Å²) in [6.07, 6.45) is 4.35. The summed E-state index contributed by atoms with van der Waals surface area (Å²) in [5.41, 5.74) is 3.38. The molecular formula is C23H31NO4S. The van der Waals surface area contributed by atoms with Crippen LogP contribution in [0, 0.1) is 18.8 Å². The molecule has 1 N–H and O–H groups in total. The molecule has 0 spiro atoms. The first-order valence-electron chi connectivity index (χ1n) is 10.6. The number of aliphatic hydroxyl groups is 1.